The molecule has 0 atom stereocenters. The lowest BCUT2D eigenvalue weighted by atomic mass is 10.1. The average Bonchev–Trinajstić information content (AvgIpc) is 3.05. The van der Waals surface area contributed by atoms with Crippen LogP contribution in [0.4, 0.5) is 8.78 Å². The number of aromatic nitrogens is 1. The highest BCUT2D eigenvalue weighted by atomic mass is 19.1. The number of halogens is 2. The van der Waals surface area contributed by atoms with Crippen molar-refractivity contribution in [3.05, 3.63) is 89.3 Å². The van der Waals surface area contributed by atoms with Gasteiger partial charge >= 0.3 is 0 Å². The molecule has 0 aliphatic rings. The van der Waals surface area contributed by atoms with Gasteiger partial charge in [0.05, 0.1) is 0 Å². The molecule has 2 heterocycles. The van der Waals surface area contributed by atoms with Crippen LogP contribution in [0.5, 0.6) is 11.6 Å². The highest BCUT2D eigenvalue weighted by Crippen LogP contribution is 2.26. The first-order valence-electron chi connectivity index (χ1n) is 8.85. The highest BCUT2D eigenvalue weighted by Gasteiger charge is 2.17. The van der Waals surface area contributed by atoms with Gasteiger partial charge in [0.1, 0.15) is 23.0 Å². The van der Waals surface area contributed by atoms with Crippen LogP contribution in [0.1, 0.15) is 21.7 Å². The van der Waals surface area contributed by atoms with Gasteiger partial charge in [0, 0.05) is 29.8 Å². The molecule has 7 heteroatoms. The van der Waals surface area contributed by atoms with E-state index in [0.717, 1.165) is 5.56 Å². The quantitative estimate of drug-likeness (QED) is 0.509. The van der Waals surface area contributed by atoms with E-state index in [4.69, 9.17) is 9.15 Å². The number of carbonyl (C=O) groups excluding carboxylic acids is 1. The van der Waals surface area contributed by atoms with Crippen molar-refractivity contribution >= 4 is 16.9 Å². The second-order valence-corrected chi connectivity index (χ2v) is 6.44. The summed E-state index contributed by atoms with van der Waals surface area (Å²) in [7, 11) is 0. The molecular weight excluding hydrogens is 378 g/mol. The van der Waals surface area contributed by atoms with E-state index in [1.54, 1.807) is 25.3 Å². The van der Waals surface area contributed by atoms with Crippen molar-refractivity contribution in [2.24, 2.45) is 0 Å². The molecule has 4 aromatic rings. The van der Waals surface area contributed by atoms with Crippen LogP contribution < -0.4 is 10.1 Å². The summed E-state index contributed by atoms with van der Waals surface area (Å²) in [4.78, 5) is 16.6. The van der Waals surface area contributed by atoms with E-state index in [1.165, 1.54) is 42.5 Å². The Morgan fingerprint density at radius 2 is 1.83 bits per heavy atom. The number of fused-ring (bicyclic) bond motifs is 1. The molecule has 0 saturated heterocycles. The Hall–Kier alpha value is -3.74. The highest BCUT2D eigenvalue weighted by molar-refractivity contribution is 5.98. The molecule has 0 saturated carbocycles. The number of aryl methyl sites for hydroxylation is 1. The van der Waals surface area contributed by atoms with Gasteiger partial charge in [-0.1, -0.05) is 6.07 Å². The van der Waals surface area contributed by atoms with Crippen LogP contribution in [0.3, 0.4) is 0 Å². The number of furan rings is 1. The molecule has 29 heavy (non-hydrogen) atoms. The Morgan fingerprint density at radius 3 is 2.55 bits per heavy atom. The molecule has 0 spiro atoms. The molecule has 5 nitrogen and oxygen atoms in total. The van der Waals surface area contributed by atoms with Crippen molar-refractivity contribution in [1.82, 2.24) is 10.3 Å². The van der Waals surface area contributed by atoms with Gasteiger partial charge < -0.3 is 14.5 Å². The van der Waals surface area contributed by atoms with Gasteiger partial charge in [-0.15, -0.1) is 0 Å². The van der Waals surface area contributed by atoms with Gasteiger partial charge in [0.2, 0.25) is 5.88 Å². The number of pyridine rings is 1. The fraction of sp³-hybridized carbons (Fsp3) is 0.0909. The Labute approximate surface area is 164 Å². The summed E-state index contributed by atoms with van der Waals surface area (Å²) in [5.41, 5.74) is 1.79. The molecule has 0 bridgehead atoms. The summed E-state index contributed by atoms with van der Waals surface area (Å²) < 4.78 is 37.4. The number of carbonyl (C=O) groups is 1. The third kappa shape index (κ3) is 4.08. The molecule has 1 amide bonds. The number of benzene rings is 2. The van der Waals surface area contributed by atoms with Crippen molar-refractivity contribution in [2.45, 2.75) is 13.5 Å². The van der Waals surface area contributed by atoms with Crippen molar-refractivity contribution in [2.75, 3.05) is 0 Å². The number of nitrogens with one attached hydrogen (secondary N) is 1. The molecule has 0 aliphatic heterocycles. The SMILES string of the molecule is Cc1c(C(=O)NCc2ccc(Oc3ccc(F)cc3)nc2)oc2ccc(F)cc12. The number of hydrogen-bond donors (Lipinski definition) is 1. The maximum atomic E-state index is 13.4. The second kappa shape index (κ2) is 7.71. The van der Waals surface area contributed by atoms with E-state index in [0.29, 0.717) is 28.2 Å². The summed E-state index contributed by atoms with van der Waals surface area (Å²) in [6, 6.07) is 13.1. The molecule has 0 radical (unpaired) electrons. The lowest BCUT2D eigenvalue weighted by Gasteiger charge is -2.07. The molecular formula is C22H16F2N2O3. The average molecular weight is 394 g/mol. The normalized spacial score (nSPS) is 10.9. The van der Waals surface area contributed by atoms with Gasteiger partial charge in [-0.3, -0.25) is 4.79 Å². The smallest absolute Gasteiger partial charge is 0.287 e. The van der Waals surface area contributed by atoms with Gasteiger partial charge in [0.25, 0.3) is 5.91 Å². The number of amides is 1. The Morgan fingerprint density at radius 1 is 1.07 bits per heavy atom. The summed E-state index contributed by atoms with van der Waals surface area (Å²) in [6.45, 7) is 1.94. The monoisotopic (exact) mass is 394 g/mol. The molecule has 2 aromatic carbocycles. The summed E-state index contributed by atoms with van der Waals surface area (Å²) in [6.07, 6.45) is 1.57. The Balaban J connectivity index is 1.40. The van der Waals surface area contributed by atoms with Crippen molar-refractivity contribution < 1.29 is 22.7 Å². The van der Waals surface area contributed by atoms with Crippen LogP contribution >= 0.6 is 0 Å². The molecule has 1 N–H and O–H groups in total. The topological polar surface area (TPSA) is 64.4 Å². The van der Waals surface area contributed by atoms with Crippen LogP contribution in [0.2, 0.25) is 0 Å². The number of ether oxygens (including phenoxy) is 1. The maximum absolute atomic E-state index is 13.4. The van der Waals surface area contributed by atoms with Gasteiger partial charge in [-0.25, -0.2) is 13.8 Å². The number of rotatable bonds is 5. The number of hydrogen-bond acceptors (Lipinski definition) is 4. The van der Waals surface area contributed by atoms with Gasteiger partial charge in [-0.05, 0) is 55.0 Å². The van der Waals surface area contributed by atoms with Gasteiger partial charge in [-0.2, -0.15) is 0 Å². The van der Waals surface area contributed by atoms with E-state index >= 15 is 0 Å². The molecule has 0 unspecified atom stereocenters. The minimum Gasteiger partial charge on any atom is -0.451 e. The van der Waals surface area contributed by atoms with E-state index < -0.39 is 5.91 Å². The van der Waals surface area contributed by atoms with Crippen molar-refractivity contribution in [1.29, 1.82) is 0 Å². The number of nitrogens with zero attached hydrogens (tertiary/aromatic N) is 1. The minimum atomic E-state index is -0.397. The Bertz CT molecular complexity index is 1170. The molecule has 0 fully saturated rings. The van der Waals surface area contributed by atoms with E-state index in [-0.39, 0.29) is 23.9 Å². The zero-order valence-electron chi connectivity index (χ0n) is 15.4. The first-order chi connectivity index (χ1) is 14.0. The lowest BCUT2D eigenvalue weighted by Crippen LogP contribution is -2.23. The van der Waals surface area contributed by atoms with Crippen LogP contribution in [-0.2, 0) is 6.54 Å². The molecule has 4 rings (SSSR count). The predicted octanol–water partition coefficient (Wildman–Crippen LogP) is 5.14. The van der Waals surface area contributed by atoms with E-state index in [9.17, 15) is 13.6 Å². The molecule has 146 valence electrons. The predicted molar refractivity (Wildman–Crippen MR) is 103 cm³/mol. The summed E-state index contributed by atoms with van der Waals surface area (Å²) in [5, 5.41) is 3.33. The lowest BCUT2D eigenvalue weighted by molar-refractivity contribution is 0.0924. The second-order valence-electron chi connectivity index (χ2n) is 6.44. The molecule has 0 aliphatic carbocycles. The first-order valence-corrected chi connectivity index (χ1v) is 8.85. The third-order valence-corrected chi connectivity index (χ3v) is 4.39. The minimum absolute atomic E-state index is 0.148. The van der Waals surface area contributed by atoms with Crippen LogP contribution in [0, 0.1) is 18.6 Å². The van der Waals surface area contributed by atoms with Crippen molar-refractivity contribution in [3.63, 3.8) is 0 Å². The maximum Gasteiger partial charge on any atom is 0.287 e. The van der Waals surface area contributed by atoms with Crippen molar-refractivity contribution in [3.8, 4) is 11.6 Å². The first kappa shape index (κ1) is 18.6. The van der Waals surface area contributed by atoms with E-state index in [2.05, 4.69) is 10.3 Å². The summed E-state index contributed by atoms with van der Waals surface area (Å²) >= 11 is 0. The Kier molecular flexibility index (Phi) is 4.95. The summed E-state index contributed by atoms with van der Waals surface area (Å²) in [5.74, 6) is -0.164. The standard InChI is InChI=1S/C22H16F2N2O3/c1-13-18-10-16(24)5-8-19(18)29-21(13)22(27)26-12-14-2-9-20(25-11-14)28-17-6-3-15(23)4-7-17/h2-11H,12H2,1H3,(H,26,27). The largest absolute Gasteiger partial charge is 0.451 e. The van der Waals surface area contributed by atoms with Crippen LogP contribution in [-0.4, -0.2) is 10.9 Å². The fourth-order valence-corrected chi connectivity index (χ4v) is 2.87. The zero-order valence-corrected chi connectivity index (χ0v) is 15.4. The van der Waals surface area contributed by atoms with Crippen LogP contribution in [0.15, 0.2) is 65.2 Å². The van der Waals surface area contributed by atoms with E-state index in [1.807, 2.05) is 0 Å². The van der Waals surface area contributed by atoms with Gasteiger partial charge in [0.15, 0.2) is 5.76 Å². The molecule has 2 aromatic heterocycles. The zero-order chi connectivity index (χ0) is 20.4. The fourth-order valence-electron chi connectivity index (χ4n) is 2.87. The van der Waals surface area contributed by atoms with Crippen LogP contribution in [0.25, 0.3) is 11.0 Å². The third-order valence-electron chi connectivity index (χ3n) is 4.39.